The quantitative estimate of drug-likeness (QED) is 0.391. The molecule has 38 heavy (non-hydrogen) atoms. The van der Waals surface area contributed by atoms with Crippen LogP contribution >= 0.6 is 0 Å². The zero-order chi connectivity index (χ0) is 26.3. The van der Waals surface area contributed by atoms with Crippen LogP contribution < -0.4 is 0 Å². The van der Waals surface area contributed by atoms with Crippen LogP contribution in [0.3, 0.4) is 0 Å². The van der Waals surface area contributed by atoms with Crippen LogP contribution in [0.25, 0.3) is 0 Å². The summed E-state index contributed by atoms with van der Waals surface area (Å²) in [7, 11) is 0. The van der Waals surface area contributed by atoms with Crippen LogP contribution in [0.4, 0.5) is 0 Å². The summed E-state index contributed by atoms with van der Waals surface area (Å²) in [6.07, 6.45) is 4.11. The van der Waals surface area contributed by atoms with Crippen molar-refractivity contribution in [2.45, 2.75) is 38.9 Å². The van der Waals surface area contributed by atoms with Gasteiger partial charge in [-0.05, 0) is 49.6 Å². The van der Waals surface area contributed by atoms with Gasteiger partial charge in [-0.1, -0.05) is 48.0 Å². The van der Waals surface area contributed by atoms with E-state index in [0.717, 1.165) is 50.3 Å². The van der Waals surface area contributed by atoms with Gasteiger partial charge in [-0.3, -0.25) is 14.5 Å². The Morgan fingerprint density at radius 2 is 1.68 bits per heavy atom. The fourth-order valence-corrected chi connectivity index (χ4v) is 4.98. The van der Waals surface area contributed by atoms with E-state index < -0.39 is 0 Å². The second-order valence-corrected chi connectivity index (χ2v) is 10.4. The van der Waals surface area contributed by atoms with E-state index in [1.54, 1.807) is 4.90 Å². The van der Waals surface area contributed by atoms with Gasteiger partial charge < -0.3 is 19.1 Å². The Morgan fingerprint density at radius 1 is 0.947 bits per heavy atom. The highest BCUT2D eigenvalue weighted by molar-refractivity contribution is 5.96. The number of amides is 2. The van der Waals surface area contributed by atoms with Crippen molar-refractivity contribution in [2.75, 3.05) is 45.9 Å². The van der Waals surface area contributed by atoms with E-state index in [2.05, 4.69) is 46.0 Å². The predicted molar refractivity (Wildman–Crippen MR) is 148 cm³/mol. The third-order valence-electron chi connectivity index (χ3n) is 7.46. The van der Waals surface area contributed by atoms with Crippen LogP contribution in [0.15, 0.2) is 72.9 Å². The molecule has 0 N–H and O–H groups in total. The number of hydrogen-bond donors (Lipinski definition) is 0. The average molecular weight is 515 g/mol. The van der Waals surface area contributed by atoms with E-state index in [0.29, 0.717) is 31.9 Å². The molecule has 0 bridgehead atoms. The molecule has 1 aliphatic heterocycles. The van der Waals surface area contributed by atoms with Gasteiger partial charge in [-0.2, -0.15) is 0 Å². The minimum Gasteiger partial charge on any atom is -0.379 e. The Balaban J connectivity index is 1.29. The summed E-state index contributed by atoms with van der Waals surface area (Å²) in [6, 6.07) is 22.4. The fraction of sp³-hybridized carbons (Fsp3) is 0.419. The van der Waals surface area contributed by atoms with Crippen molar-refractivity contribution in [3.8, 4) is 0 Å². The number of aromatic nitrogens is 1. The van der Waals surface area contributed by atoms with E-state index in [1.165, 1.54) is 5.56 Å². The number of benzene rings is 2. The van der Waals surface area contributed by atoms with Crippen LogP contribution in [0.5, 0.6) is 0 Å². The maximum absolute atomic E-state index is 13.8. The van der Waals surface area contributed by atoms with Gasteiger partial charge in [0.2, 0.25) is 5.91 Å². The van der Waals surface area contributed by atoms with Crippen molar-refractivity contribution < 1.29 is 14.3 Å². The molecule has 2 heterocycles. The molecule has 200 valence electrons. The Hall–Kier alpha value is -3.42. The Labute approximate surface area is 225 Å². The van der Waals surface area contributed by atoms with Crippen LogP contribution in [-0.2, 0) is 22.6 Å². The summed E-state index contributed by atoms with van der Waals surface area (Å²) in [5.74, 6) is -0.0720. The molecule has 2 amide bonds. The molecule has 3 aromatic rings. The van der Waals surface area contributed by atoms with Crippen LogP contribution in [0, 0.1) is 6.92 Å². The summed E-state index contributed by atoms with van der Waals surface area (Å²) in [5, 5.41) is 0. The lowest BCUT2D eigenvalue weighted by Crippen LogP contribution is -2.47. The minimum absolute atomic E-state index is 0.0161. The van der Waals surface area contributed by atoms with Crippen LogP contribution in [0.2, 0.25) is 0 Å². The Kier molecular flexibility index (Phi) is 8.56. The molecule has 1 aliphatic carbocycles. The van der Waals surface area contributed by atoms with E-state index in [4.69, 9.17) is 4.74 Å². The molecule has 7 heteroatoms. The van der Waals surface area contributed by atoms with Crippen LogP contribution in [0.1, 0.15) is 40.0 Å². The summed E-state index contributed by atoms with van der Waals surface area (Å²) in [5.41, 5.74) is 4.07. The van der Waals surface area contributed by atoms with Gasteiger partial charge in [0.25, 0.3) is 5.91 Å². The molecule has 2 fully saturated rings. The maximum Gasteiger partial charge on any atom is 0.254 e. The van der Waals surface area contributed by atoms with Gasteiger partial charge in [0.1, 0.15) is 6.54 Å². The second kappa shape index (κ2) is 12.4. The highest BCUT2D eigenvalue weighted by Gasteiger charge is 2.34. The topological polar surface area (TPSA) is 58.0 Å². The maximum atomic E-state index is 13.8. The molecule has 0 spiro atoms. The molecule has 2 aromatic carbocycles. The van der Waals surface area contributed by atoms with Gasteiger partial charge in [0.05, 0.1) is 19.8 Å². The molecule has 2 aliphatic rings. The Bertz CT molecular complexity index is 1200. The standard InChI is InChI=1S/C31H38N4O3/c1-25-9-11-27(12-10-25)31(37)34(17-16-32-18-20-38-21-19-32)24-30(36)35(28-13-14-28)23-29-8-5-15-33(29)22-26-6-3-2-4-7-26/h2-12,15,28H,13-14,16-24H2,1H3. The first kappa shape index (κ1) is 26.2. The lowest BCUT2D eigenvalue weighted by Gasteiger charge is -2.31. The first-order chi connectivity index (χ1) is 18.6. The second-order valence-electron chi connectivity index (χ2n) is 10.4. The summed E-state index contributed by atoms with van der Waals surface area (Å²) in [6.45, 7) is 7.81. The normalized spacial score (nSPS) is 15.8. The summed E-state index contributed by atoms with van der Waals surface area (Å²) >= 11 is 0. The highest BCUT2D eigenvalue weighted by atomic mass is 16.5. The largest absolute Gasteiger partial charge is 0.379 e. The molecular weight excluding hydrogens is 476 g/mol. The monoisotopic (exact) mass is 514 g/mol. The number of carbonyl (C=O) groups is 2. The first-order valence-electron chi connectivity index (χ1n) is 13.7. The smallest absolute Gasteiger partial charge is 0.254 e. The minimum atomic E-state index is -0.0881. The van der Waals surface area contributed by atoms with Gasteiger partial charge in [-0.25, -0.2) is 0 Å². The lowest BCUT2D eigenvalue weighted by atomic mass is 10.1. The Morgan fingerprint density at radius 3 is 2.39 bits per heavy atom. The fourth-order valence-electron chi connectivity index (χ4n) is 4.98. The zero-order valence-corrected chi connectivity index (χ0v) is 22.3. The molecule has 1 aromatic heterocycles. The van der Waals surface area contributed by atoms with Gasteiger partial charge in [0, 0.05) is 56.2 Å². The predicted octanol–water partition coefficient (Wildman–Crippen LogP) is 3.81. The molecule has 0 radical (unpaired) electrons. The number of ether oxygens (including phenoxy) is 1. The van der Waals surface area contributed by atoms with E-state index >= 15 is 0 Å². The van der Waals surface area contributed by atoms with Gasteiger partial charge in [0.15, 0.2) is 0 Å². The number of rotatable bonds is 11. The molecule has 1 saturated heterocycles. The number of nitrogens with zero attached hydrogens (tertiary/aromatic N) is 4. The summed E-state index contributed by atoms with van der Waals surface area (Å²) in [4.78, 5) is 33.3. The van der Waals surface area contributed by atoms with E-state index in [1.807, 2.05) is 48.2 Å². The number of aryl methyl sites for hydroxylation is 1. The van der Waals surface area contributed by atoms with Gasteiger partial charge in [-0.15, -0.1) is 0 Å². The summed E-state index contributed by atoms with van der Waals surface area (Å²) < 4.78 is 7.69. The third-order valence-corrected chi connectivity index (χ3v) is 7.46. The molecular formula is C31H38N4O3. The molecule has 0 unspecified atom stereocenters. The first-order valence-corrected chi connectivity index (χ1v) is 13.7. The number of hydrogen-bond acceptors (Lipinski definition) is 4. The van der Waals surface area contributed by atoms with Crippen molar-refractivity contribution in [3.05, 3.63) is 95.3 Å². The molecule has 0 atom stereocenters. The molecule has 1 saturated carbocycles. The lowest BCUT2D eigenvalue weighted by molar-refractivity contribution is -0.133. The third kappa shape index (κ3) is 6.91. The van der Waals surface area contributed by atoms with Crippen molar-refractivity contribution in [1.82, 2.24) is 19.3 Å². The van der Waals surface area contributed by atoms with E-state index in [9.17, 15) is 9.59 Å². The van der Waals surface area contributed by atoms with Gasteiger partial charge >= 0.3 is 0 Å². The number of carbonyl (C=O) groups excluding carboxylic acids is 2. The van der Waals surface area contributed by atoms with Crippen molar-refractivity contribution in [3.63, 3.8) is 0 Å². The molecule has 5 rings (SSSR count). The van der Waals surface area contributed by atoms with Crippen molar-refractivity contribution in [1.29, 1.82) is 0 Å². The zero-order valence-electron chi connectivity index (χ0n) is 22.3. The average Bonchev–Trinajstić information content (AvgIpc) is 3.70. The van der Waals surface area contributed by atoms with Crippen molar-refractivity contribution >= 4 is 11.8 Å². The van der Waals surface area contributed by atoms with Crippen LogP contribution in [-0.4, -0.2) is 83.1 Å². The number of morpholine rings is 1. The van der Waals surface area contributed by atoms with E-state index in [-0.39, 0.29) is 24.4 Å². The van der Waals surface area contributed by atoms with Crippen molar-refractivity contribution in [2.24, 2.45) is 0 Å². The molecule has 7 nitrogen and oxygen atoms in total. The SMILES string of the molecule is Cc1ccc(C(=O)N(CCN2CCOCC2)CC(=O)N(Cc2cccn2Cc2ccccc2)C2CC2)cc1. The highest BCUT2D eigenvalue weighted by Crippen LogP contribution is 2.29.